The van der Waals surface area contributed by atoms with E-state index in [1.54, 1.807) is 0 Å². The van der Waals surface area contributed by atoms with E-state index in [-0.39, 0.29) is 27.7 Å². The fraction of sp³-hybridized carbons (Fsp3) is 0.0952. The molecule has 1 amide bonds. The molecule has 0 aliphatic carbocycles. The normalized spacial score (nSPS) is 11.6. The maximum Gasteiger partial charge on any atom is 0.416 e. The number of hydrogen-bond donors (Lipinski definition) is 2. The minimum atomic E-state index is -4.73. The first-order valence-corrected chi connectivity index (χ1v) is 11.3. The molecule has 0 spiro atoms. The van der Waals surface area contributed by atoms with Crippen molar-refractivity contribution in [1.29, 1.82) is 0 Å². The van der Waals surface area contributed by atoms with Gasteiger partial charge in [0.05, 0.1) is 38.9 Å². The van der Waals surface area contributed by atoms with Crippen LogP contribution in [0.5, 0.6) is 5.75 Å². The van der Waals surface area contributed by atoms with Crippen molar-refractivity contribution in [3.8, 4) is 5.75 Å². The summed E-state index contributed by atoms with van der Waals surface area (Å²) in [6.07, 6.45) is -4.73. The molecule has 0 aromatic heterocycles. The van der Waals surface area contributed by atoms with Gasteiger partial charge in [0, 0.05) is 17.7 Å². The Morgan fingerprint density at radius 1 is 1.06 bits per heavy atom. The Kier molecular flexibility index (Phi) is 7.22. The lowest BCUT2D eigenvalue weighted by Crippen LogP contribution is -2.17. The van der Waals surface area contributed by atoms with E-state index >= 15 is 0 Å². The molecule has 0 atom stereocenters. The molecule has 0 aliphatic rings. The fourth-order valence-electron chi connectivity index (χ4n) is 2.89. The highest BCUT2D eigenvalue weighted by Crippen LogP contribution is 2.35. The summed E-state index contributed by atoms with van der Waals surface area (Å²) in [5.74, 6) is -0.702. The number of carbonyl (C=O) groups is 1. The number of nitrogens with one attached hydrogen (secondary N) is 2. The maximum absolute atomic E-state index is 13.0. The number of nitrogens with zero attached hydrogens (tertiary/aromatic N) is 1. The highest BCUT2D eigenvalue weighted by atomic mass is 35.5. The number of carbonyl (C=O) groups excluding carboxylic acids is 1. The van der Waals surface area contributed by atoms with E-state index in [1.807, 2.05) is 4.72 Å². The number of anilines is 2. The van der Waals surface area contributed by atoms with E-state index in [2.05, 4.69) is 5.32 Å². The van der Waals surface area contributed by atoms with Gasteiger partial charge in [0.15, 0.2) is 0 Å². The minimum Gasteiger partial charge on any atom is -0.495 e. The third-order valence-electron chi connectivity index (χ3n) is 4.59. The molecule has 0 aliphatic heterocycles. The molecule has 0 bridgehead atoms. The predicted molar refractivity (Wildman–Crippen MR) is 121 cm³/mol. The van der Waals surface area contributed by atoms with Crippen LogP contribution in [0.1, 0.15) is 15.9 Å². The Morgan fingerprint density at radius 3 is 2.40 bits per heavy atom. The second-order valence-corrected chi connectivity index (χ2v) is 9.01. The van der Waals surface area contributed by atoms with Crippen LogP contribution in [0.4, 0.5) is 30.2 Å². The Bertz CT molecular complexity index is 1410. The third kappa shape index (κ3) is 6.00. The molecule has 3 rings (SSSR count). The average Bonchev–Trinajstić information content (AvgIpc) is 2.79. The molecule has 0 saturated heterocycles. The summed E-state index contributed by atoms with van der Waals surface area (Å²) in [7, 11) is -3.17. The standard InChI is InChI=1S/C21H15ClF3N3O6S/c1-34-19-8-6-14(28(30)31)11-18(19)26-20(29)12-3-2-4-15(9-12)35(32,33)27-17-10-13(21(23,24)25)5-7-16(17)22/h2-11,27H,1H3,(H,26,29). The van der Waals surface area contributed by atoms with Crippen molar-refractivity contribution in [3.05, 3.63) is 86.9 Å². The lowest BCUT2D eigenvalue weighted by molar-refractivity contribution is -0.384. The van der Waals surface area contributed by atoms with Gasteiger partial charge in [0.1, 0.15) is 5.75 Å². The van der Waals surface area contributed by atoms with Crippen LogP contribution in [0, 0.1) is 10.1 Å². The van der Waals surface area contributed by atoms with E-state index in [1.165, 1.54) is 31.4 Å². The van der Waals surface area contributed by atoms with Gasteiger partial charge in [0.25, 0.3) is 21.6 Å². The number of sulfonamides is 1. The van der Waals surface area contributed by atoms with Gasteiger partial charge in [-0.05, 0) is 42.5 Å². The largest absolute Gasteiger partial charge is 0.495 e. The summed E-state index contributed by atoms with van der Waals surface area (Å²) in [6.45, 7) is 0. The molecule has 2 N–H and O–H groups in total. The van der Waals surface area contributed by atoms with Crippen LogP contribution >= 0.6 is 11.6 Å². The van der Waals surface area contributed by atoms with Crippen LogP contribution < -0.4 is 14.8 Å². The quantitative estimate of drug-likeness (QED) is 0.314. The number of halogens is 4. The number of nitro groups is 1. The zero-order chi connectivity index (χ0) is 26.0. The van der Waals surface area contributed by atoms with Gasteiger partial charge < -0.3 is 10.1 Å². The molecule has 0 fully saturated rings. The monoisotopic (exact) mass is 529 g/mol. The van der Waals surface area contributed by atoms with Gasteiger partial charge in [-0.2, -0.15) is 13.2 Å². The number of methoxy groups -OCH3 is 1. The van der Waals surface area contributed by atoms with E-state index in [0.717, 1.165) is 24.3 Å². The van der Waals surface area contributed by atoms with Crippen LogP contribution in [0.25, 0.3) is 0 Å². The van der Waals surface area contributed by atoms with Gasteiger partial charge in [-0.25, -0.2) is 8.42 Å². The molecular formula is C21H15ClF3N3O6S. The van der Waals surface area contributed by atoms with Gasteiger partial charge in [-0.1, -0.05) is 17.7 Å². The SMILES string of the molecule is COc1ccc([N+](=O)[O-])cc1NC(=O)c1cccc(S(=O)(=O)Nc2cc(C(F)(F)F)ccc2Cl)c1. The Hall–Kier alpha value is -3.84. The summed E-state index contributed by atoms with van der Waals surface area (Å²) in [6, 6.07) is 10.3. The molecule has 0 saturated carbocycles. The van der Waals surface area contributed by atoms with Crippen LogP contribution in [-0.4, -0.2) is 26.4 Å². The lowest BCUT2D eigenvalue weighted by atomic mass is 10.2. The highest BCUT2D eigenvalue weighted by Gasteiger charge is 2.31. The van der Waals surface area contributed by atoms with Crippen molar-refractivity contribution in [2.24, 2.45) is 0 Å². The van der Waals surface area contributed by atoms with Gasteiger partial charge in [-0.15, -0.1) is 0 Å². The number of rotatable bonds is 7. The molecule has 0 unspecified atom stereocenters. The Morgan fingerprint density at radius 2 is 1.77 bits per heavy atom. The number of amides is 1. The summed E-state index contributed by atoms with van der Waals surface area (Å²) >= 11 is 5.86. The smallest absolute Gasteiger partial charge is 0.416 e. The Labute approximate surface area is 201 Å². The van der Waals surface area contributed by atoms with E-state index in [9.17, 15) is 36.5 Å². The fourth-order valence-corrected chi connectivity index (χ4v) is 4.23. The zero-order valence-electron chi connectivity index (χ0n) is 17.6. The summed E-state index contributed by atoms with van der Waals surface area (Å²) in [5.41, 5.74) is -2.12. The first kappa shape index (κ1) is 25.8. The topological polar surface area (TPSA) is 128 Å². The molecular weight excluding hydrogens is 515 g/mol. The first-order chi connectivity index (χ1) is 16.3. The lowest BCUT2D eigenvalue weighted by Gasteiger charge is -2.14. The molecule has 9 nitrogen and oxygen atoms in total. The highest BCUT2D eigenvalue weighted by molar-refractivity contribution is 7.92. The second kappa shape index (κ2) is 9.80. The third-order valence-corrected chi connectivity index (χ3v) is 6.28. The molecule has 35 heavy (non-hydrogen) atoms. The molecule has 0 radical (unpaired) electrons. The van der Waals surface area contributed by atoms with Crippen LogP contribution in [-0.2, 0) is 16.2 Å². The van der Waals surface area contributed by atoms with Crippen LogP contribution in [0.2, 0.25) is 5.02 Å². The zero-order valence-corrected chi connectivity index (χ0v) is 19.2. The molecule has 3 aromatic rings. The van der Waals surface area contributed by atoms with Crippen LogP contribution in [0.15, 0.2) is 65.6 Å². The van der Waals surface area contributed by atoms with Crippen molar-refractivity contribution < 1.29 is 36.0 Å². The predicted octanol–water partition coefficient (Wildman–Crippen LogP) is 5.33. The number of hydrogen-bond acceptors (Lipinski definition) is 6. The minimum absolute atomic E-state index is 0.0335. The van der Waals surface area contributed by atoms with Crippen LogP contribution in [0.3, 0.4) is 0 Å². The van der Waals surface area contributed by atoms with Crippen molar-refractivity contribution in [1.82, 2.24) is 0 Å². The van der Waals surface area contributed by atoms with Crippen molar-refractivity contribution in [3.63, 3.8) is 0 Å². The molecule has 3 aromatic carbocycles. The van der Waals surface area contributed by atoms with Crippen molar-refractivity contribution >= 4 is 44.6 Å². The molecule has 14 heteroatoms. The number of alkyl halides is 3. The number of ether oxygens (including phenoxy) is 1. The van der Waals surface area contributed by atoms with E-state index < -0.39 is 43.2 Å². The number of non-ortho nitro benzene ring substituents is 1. The van der Waals surface area contributed by atoms with E-state index in [4.69, 9.17) is 16.3 Å². The van der Waals surface area contributed by atoms with Crippen molar-refractivity contribution in [2.75, 3.05) is 17.1 Å². The molecule has 0 heterocycles. The van der Waals surface area contributed by atoms with Crippen molar-refractivity contribution in [2.45, 2.75) is 11.1 Å². The van der Waals surface area contributed by atoms with Gasteiger partial charge in [0.2, 0.25) is 0 Å². The second-order valence-electron chi connectivity index (χ2n) is 6.92. The summed E-state index contributed by atoms with van der Waals surface area (Å²) in [4.78, 5) is 22.6. The molecule has 184 valence electrons. The summed E-state index contributed by atoms with van der Waals surface area (Å²) in [5, 5.41) is 13.2. The summed E-state index contributed by atoms with van der Waals surface area (Å²) < 4.78 is 71.6. The van der Waals surface area contributed by atoms with Gasteiger partial charge >= 0.3 is 6.18 Å². The number of nitro benzene ring substituents is 1. The number of benzene rings is 3. The Balaban J connectivity index is 1.90. The van der Waals surface area contributed by atoms with Gasteiger partial charge in [-0.3, -0.25) is 19.6 Å². The van der Waals surface area contributed by atoms with E-state index in [0.29, 0.717) is 12.1 Å². The average molecular weight is 530 g/mol. The first-order valence-electron chi connectivity index (χ1n) is 9.45. The maximum atomic E-state index is 13.0.